The van der Waals surface area contributed by atoms with E-state index in [0.717, 1.165) is 6.42 Å². The molecule has 0 rings (SSSR count). The molecular weight excluding hydrogens is 144 g/mol. The molecule has 0 aliphatic rings. The molecule has 0 saturated heterocycles. The third kappa shape index (κ3) is 3.95. The van der Waals surface area contributed by atoms with E-state index in [9.17, 15) is 4.79 Å². The molecule has 0 saturated carbocycles. The smallest absolute Gasteiger partial charge is 0.236 e. The topological polar surface area (TPSA) is 75.3 Å². The van der Waals surface area contributed by atoms with Crippen LogP contribution in [-0.2, 0) is 4.79 Å². The second-order valence-corrected chi connectivity index (χ2v) is 2.59. The average Bonchev–Trinajstić information content (AvgIpc) is 1.99. The van der Waals surface area contributed by atoms with Gasteiger partial charge in [0.25, 0.3) is 0 Å². The minimum atomic E-state index is -0.504. The molecule has 4 N–H and O–H groups in total. The van der Waals surface area contributed by atoms with Gasteiger partial charge in [-0.1, -0.05) is 6.92 Å². The van der Waals surface area contributed by atoms with Crippen molar-refractivity contribution in [2.24, 2.45) is 5.73 Å². The summed E-state index contributed by atoms with van der Waals surface area (Å²) in [6.07, 6.45) is 0.717. The minimum Gasteiger partial charge on any atom is -0.394 e. The summed E-state index contributed by atoms with van der Waals surface area (Å²) in [4.78, 5) is 10.9. The zero-order valence-electron chi connectivity index (χ0n) is 7.00. The minimum absolute atomic E-state index is 0.0328. The van der Waals surface area contributed by atoms with Crippen molar-refractivity contribution in [2.75, 3.05) is 6.61 Å². The van der Waals surface area contributed by atoms with Gasteiger partial charge in [-0.2, -0.15) is 0 Å². The molecule has 0 heterocycles. The van der Waals surface area contributed by atoms with Crippen molar-refractivity contribution < 1.29 is 9.90 Å². The number of carbonyl (C=O) groups is 1. The molecule has 0 bridgehead atoms. The Balaban J connectivity index is 3.72. The number of aliphatic hydroxyl groups excluding tert-OH is 1. The Morgan fingerprint density at radius 2 is 2.27 bits per heavy atom. The molecule has 0 aliphatic heterocycles. The van der Waals surface area contributed by atoms with E-state index in [1.807, 2.05) is 6.92 Å². The average molecular weight is 160 g/mol. The summed E-state index contributed by atoms with van der Waals surface area (Å²) < 4.78 is 0. The largest absolute Gasteiger partial charge is 0.394 e. The van der Waals surface area contributed by atoms with Gasteiger partial charge in [-0.15, -0.1) is 0 Å². The first-order valence-electron chi connectivity index (χ1n) is 3.78. The van der Waals surface area contributed by atoms with Crippen LogP contribution >= 0.6 is 0 Å². The Kier molecular flexibility index (Phi) is 4.81. The summed E-state index contributed by atoms with van der Waals surface area (Å²) in [6.45, 7) is 3.47. The number of nitrogens with two attached hydrogens (primary N) is 1. The molecule has 0 spiro atoms. The van der Waals surface area contributed by atoms with Crippen LogP contribution < -0.4 is 11.1 Å². The summed E-state index contributed by atoms with van der Waals surface area (Å²) >= 11 is 0. The van der Waals surface area contributed by atoms with Crippen molar-refractivity contribution in [1.29, 1.82) is 0 Å². The maximum absolute atomic E-state index is 10.9. The highest BCUT2D eigenvalue weighted by atomic mass is 16.3. The van der Waals surface area contributed by atoms with Gasteiger partial charge >= 0.3 is 0 Å². The van der Waals surface area contributed by atoms with Gasteiger partial charge in [0.1, 0.15) is 0 Å². The SMILES string of the molecule is CCC(CO)NC(=O)[C@H](C)N. The predicted octanol–water partition coefficient (Wildman–Crippen LogP) is -0.779. The third-order valence-corrected chi connectivity index (χ3v) is 1.47. The molecule has 0 aromatic heterocycles. The van der Waals surface area contributed by atoms with E-state index in [1.165, 1.54) is 0 Å². The van der Waals surface area contributed by atoms with Gasteiger partial charge in [0.15, 0.2) is 0 Å². The van der Waals surface area contributed by atoms with Crippen molar-refractivity contribution in [1.82, 2.24) is 5.32 Å². The Morgan fingerprint density at radius 1 is 1.73 bits per heavy atom. The van der Waals surface area contributed by atoms with E-state index in [1.54, 1.807) is 6.92 Å². The van der Waals surface area contributed by atoms with Crippen LogP contribution in [0.3, 0.4) is 0 Å². The van der Waals surface area contributed by atoms with Crippen molar-refractivity contribution >= 4 is 5.91 Å². The van der Waals surface area contributed by atoms with Crippen LogP contribution in [0.25, 0.3) is 0 Å². The summed E-state index contributed by atoms with van der Waals surface area (Å²) in [7, 11) is 0. The van der Waals surface area contributed by atoms with Crippen LogP contribution in [0.5, 0.6) is 0 Å². The summed E-state index contributed by atoms with van der Waals surface area (Å²) in [5, 5.41) is 11.3. The summed E-state index contributed by atoms with van der Waals surface area (Å²) in [5.41, 5.74) is 5.30. The fourth-order valence-electron chi connectivity index (χ4n) is 0.609. The lowest BCUT2D eigenvalue weighted by atomic mass is 10.2. The number of nitrogens with one attached hydrogen (secondary N) is 1. The van der Waals surface area contributed by atoms with Gasteiger partial charge in [-0.05, 0) is 13.3 Å². The Morgan fingerprint density at radius 3 is 2.55 bits per heavy atom. The van der Waals surface area contributed by atoms with Crippen molar-refractivity contribution in [3.63, 3.8) is 0 Å². The molecule has 0 aliphatic carbocycles. The number of amides is 1. The number of hydrogen-bond acceptors (Lipinski definition) is 3. The molecule has 11 heavy (non-hydrogen) atoms. The molecule has 1 amide bonds. The molecule has 2 atom stereocenters. The number of hydrogen-bond donors (Lipinski definition) is 3. The highest BCUT2D eigenvalue weighted by Crippen LogP contribution is 1.89. The maximum Gasteiger partial charge on any atom is 0.236 e. The van der Waals surface area contributed by atoms with Gasteiger partial charge in [-0.25, -0.2) is 0 Å². The van der Waals surface area contributed by atoms with Crippen LogP contribution in [-0.4, -0.2) is 29.7 Å². The zero-order valence-corrected chi connectivity index (χ0v) is 7.00. The monoisotopic (exact) mass is 160 g/mol. The van der Waals surface area contributed by atoms with Crippen molar-refractivity contribution in [3.05, 3.63) is 0 Å². The molecule has 66 valence electrons. The van der Waals surface area contributed by atoms with Crippen LogP contribution in [0.4, 0.5) is 0 Å². The standard InChI is InChI=1S/C7H16N2O2/c1-3-6(4-10)9-7(11)5(2)8/h5-6,10H,3-4,8H2,1-2H3,(H,9,11)/t5-,6?/m0/s1. The molecule has 0 aromatic carbocycles. The number of rotatable bonds is 4. The summed E-state index contributed by atoms with van der Waals surface area (Å²) in [6, 6.07) is -0.663. The quantitative estimate of drug-likeness (QED) is 0.505. The first-order valence-corrected chi connectivity index (χ1v) is 3.78. The Hall–Kier alpha value is -0.610. The second-order valence-electron chi connectivity index (χ2n) is 2.59. The van der Waals surface area contributed by atoms with Gasteiger partial charge in [0.05, 0.1) is 18.7 Å². The van der Waals surface area contributed by atoms with E-state index in [4.69, 9.17) is 10.8 Å². The molecule has 4 nitrogen and oxygen atoms in total. The molecule has 0 fully saturated rings. The zero-order chi connectivity index (χ0) is 8.85. The van der Waals surface area contributed by atoms with E-state index < -0.39 is 6.04 Å². The molecular formula is C7H16N2O2. The Labute approximate surface area is 66.8 Å². The summed E-state index contributed by atoms with van der Waals surface area (Å²) in [5.74, 6) is -0.217. The predicted molar refractivity (Wildman–Crippen MR) is 43.0 cm³/mol. The maximum atomic E-state index is 10.9. The first kappa shape index (κ1) is 10.4. The Bertz CT molecular complexity index is 122. The van der Waals surface area contributed by atoms with E-state index in [0.29, 0.717) is 0 Å². The van der Waals surface area contributed by atoms with Crippen LogP contribution in [0.1, 0.15) is 20.3 Å². The molecule has 1 unspecified atom stereocenters. The molecule has 0 radical (unpaired) electrons. The van der Waals surface area contributed by atoms with Gasteiger partial charge < -0.3 is 16.2 Å². The fourth-order valence-corrected chi connectivity index (χ4v) is 0.609. The normalized spacial score (nSPS) is 15.6. The first-order chi connectivity index (χ1) is 5.11. The third-order valence-electron chi connectivity index (χ3n) is 1.47. The van der Waals surface area contributed by atoms with E-state index in [-0.39, 0.29) is 18.6 Å². The van der Waals surface area contributed by atoms with E-state index in [2.05, 4.69) is 5.32 Å². The van der Waals surface area contributed by atoms with Crippen LogP contribution in [0, 0.1) is 0 Å². The fraction of sp³-hybridized carbons (Fsp3) is 0.857. The molecule has 0 aromatic rings. The van der Waals surface area contributed by atoms with Gasteiger partial charge in [-0.3, -0.25) is 4.79 Å². The number of aliphatic hydroxyl groups is 1. The van der Waals surface area contributed by atoms with Gasteiger partial charge in [0.2, 0.25) is 5.91 Å². The number of carbonyl (C=O) groups excluding carboxylic acids is 1. The van der Waals surface area contributed by atoms with Crippen molar-refractivity contribution in [3.8, 4) is 0 Å². The lowest BCUT2D eigenvalue weighted by molar-refractivity contribution is -0.123. The second kappa shape index (κ2) is 5.09. The highest BCUT2D eigenvalue weighted by Gasteiger charge is 2.11. The van der Waals surface area contributed by atoms with Crippen molar-refractivity contribution in [2.45, 2.75) is 32.4 Å². The van der Waals surface area contributed by atoms with Crippen LogP contribution in [0.2, 0.25) is 0 Å². The lowest BCUT2D eigenvalue weighted by Crippen LogP contribution is -2.45. The molecule has 4 heteroatoms. The van der Waals surface area contributed by atoms with Crippen LogP contribution in [0.15, 0.2) is 0 Å². The van der Waals surface area contributed by atoms with E-state index >= 15 is 0 Å². The lowest BCUT2D eigenvalue weighted by Gasteiger charge is -2.15. The van der Waals surface area contributed by atoms with Gasteiger partial charge in [0, 0.05) is 0 Å². The highest BCUT2D eigenvalue weighted by molar-refractivity contribution is 5.81.